The summed E-state index contributed by atoms with van der Waals surface area (Å²) in [7, 11) is 3.93. The Bertz CT molecular complexity index is 589. The number of benzene rings is 1. The molecule has 1 aromatic carbocycles. The molecule has 0 amide bonds. The van der Waals surface area contributed by atoms with E-state index in [0.717, 1.165) is 23.6 Å². The third-order valence-corrected chi connectivity index (χ3v) is 3.27. The first kappa shape index (κ1) is 13.5. The Morgan fingerprint density at radius 3 is 2.58 bits per heavy atom. The maximum atomic E-state index is 5.81. The van der Waals surface area contributed by atoms with Crippen molar-refractivity contribution in [2.24, 2.45) is 12.8 Å². The zero-order chi connectivity index (χ0) is 14.0. The van der Waals surface area contributed by atoms with Gasteiger partial charge in [-0.3, -0.25) is 4.68 Å². The lowest BCUT2D eigenvalue weighted by atomic mass is 10.2. The summed E-state index contributed by atoms with van der Waals surface area (Å²) in [6, 6.07) is 10.3. The van der Waals surface area contributed by atoms with Crippen molar-refractivity contribution in [1.82, 2.24) is 9.78 Å². The van der Waals surface area contributed by atoms with Gasteiger partial charge >= 0.3 is 0 Å². The quantitative estimate of drug-likeness (QED) is 0.866. The molecule has 0 saturated heterocycles. The van der Waals surface area contributed by atoms with Crippen LogP contribution in [-0.4, -0.2) is 21.8 Å². The average Bonchev–Trinajstić information content (AvgIpc) is 2.65. The van der Waals surface area contributed by atoms with E-state index in [-0.39, 0.29) is 0 Å². The van der Waals surface area contributed by atoms with Gasteiger partial charge in [0.05, 0.1) is 11.3 Å². The van der Waals surface area contributed by atoms with E-state index in [1.54, 1.807) is 0 Å². The number of aryl methyl sites for hydroxylation is 2. The highest BCUT2D eigenvalue weighted by Gasteiger charge is 2.18. The Hall–Kier alpha value is -1.88. The van der Waals surface area contributed by atoms with Crippen LogP contribution in [0.1, 0.15) is 16.8 Å². The topological polar surface area (TPSA) is 47.1 Å². The summed E-state index contributed by atoms with van der Waals surface area (Å²) in [6.45, 7) is 2.71. The molecule has 0 aliphatic heterocycles. The molecular formula is C14H18N4S. The van der Waals surface area contributed by atoms with Crippen LogP contribution in [0.2, 0.25) is 0 Å². The molecule has 0 fully saturated rings. The monoisotopic (exact) mass is 274 g/mol. The second kappa shape index (κ2) is 5.40. The predicted octanol–water partition coefficient (Wildman–Crippen LogP) is 2.00. The number of rotatable bonds is 4. The van der Waals surface area contributed by atoms with Gasteiger partial charge in [0.1, 0.15) is 10.8 Å². The normalized spacial score (nSPS) is 10.5. The number of nitrogens with two attached hydrogens (primary N) is 1. The largest absolute Gasteiger partial charge is 0.389 e. The summed E-state index contributed by atoms with van der Waals surface area (Å²) >= 11 is 5.13. The number of thiocarbonyl (C=S) groups is 1. The zero-order valence-electron chi connectivity index (χ0n) is 11.4. The molecule has 0 atom stereocenters. The molecule has 0 aliphatic rings. The van der Waals surface area contributed by atoms with Crippen molar-refractivity contribution in [2.75, 3.05) is 11.9 Å². The minimum Gasteiger partial charge on any atom is -0.389 e. The van der Waals surface area contributed by atoms with E-state index in [1.807, 2.05) is 43.9 Å². The van der Waals surface area contributed by atoms with E-state index in [9.17, 15) is 0 Å². The van der Waals surface area contributed by atoms with Crippen LogP contribution in [-0.2, 0) is 13.6 Å². The van der Waals surface area contributed by atoms with Crippen molar-refractivity contribution in [1.29, 1.82) is 0 Å². The smallest absolute Gasteiger partial charge is 0.137 e. The van der Waals surface area contributed by atoms with E-state index in [0.29, 0.717) is 4.99 Å². The van der Waals surface area contributed by atoms with Crippen molar-refractivity contribution >= 4 is 23.0 Å². The van der Waals surface area contributed by atoms with Crippen LogP contribution in [0.3, 0.4) is 0 Å². The molecule has 0 unspecified atom stereocenters. The highest BCUT2D eigenvalue weighted by Crippen LogP contribution is 2.23. The summed E-state index contributed by atoms with van der Waals surface area (Å²) in [5, 5.41) is 4.40. The first-order valence-electron chi connectivity index (χ1n) is 6.09. The number of nitrogens with zero attached hydrogens (tertiary/aromatic N) is 3. The van der Waals surface area contributed by atoms with Gasteiger partial charge in [0.25, 0.3) is 0 Å². The Morgan fingerprint density at radius 1 is 1.37 bits per heavy atom. The molecule has 0 radical (unpaired) electrons. The minimum absolute atomic E-state index is 0.389. The van der Waals surface area contributed by atoms with Crippen LogP contribution < -0.4 is 10.6 Å². The van der Waals surface area contributed by atoms with Crippen LogP contribution in [0.4, 0.5) is 5.82 Å². The second-order valence-corrected chi connectivity index (χ2v) is 5.05. The third kappa shape index (κ3) is 2.76. The van der Waals surface area contributed by atoms with Gasteiger partial charge in [0.15, 0.2) is 0 Å². The van der Waals surface area contributed by atoms with E-state index in [2.05, 4.69) is 22.1 Å². The fourth-order valence-electron chi connectivity index (χ4n) is 2.30. The number of hydrogen-bond acceptors (Lipinski definition) is 3. The summed E-state index contributed by atoms with van der Waals surface area (Å²) in [5.41, 5.74) is 8.77. The summed E-state index contributed by atoms with van der Waals surface area (Å²) in [6.07, 6.45) is 0. The molecule has 5 heteroatoms. The fourth-order valence-corrected chi connectivity index (χ4v) is 2.54. The molecule has 0 spiro atoms. The summed E-state index contributed by atoms with van der Waals surface area (Å²) in [4.78, 5) is 2.50. The van der Waals surface area contributed by atoms with Crippen molar-refractivity contribution in [3.63, 3.8) is 0 Å². The first-order valence-corrected chi connectivity index (χ1v) is 6.50. The molecule has 4 nitrogen and oxygen atoms in total. The molecule has 100 valence electrons. The number of hydrogen-bond donors (Lipinski definition) is 1. The molecule has 0 aliphatic carbocycles. The predicted molar refractivity (Wildman–Crippen MR) is 82.4 cm³/mol. The van der Waals surface area contributed by atoms with Crippen LogP contribution in [0.15, 0.2) is 30.3 Å². The lowest BCUT2D eigenvalue weighted by Gasteiger charge is -2.21. The van der Waals surface area contributed by atoms with Crippen molar-refractivity contribution in [3.8, 4) is 0 Å². The van der Waals surface area contributed by atoms with Gasteiger partial charge in [-0.15, -0.1) is 0 Å². The van der Waals surface area contributed by atoms with Crippen molar-refractivity contribution in [2.45, 2.75) is 13.5 Å². The Kier molecular flexibility index (Phi) is 3.85. The lowest BCUT2D eigenvalue weighted by molar-refractivity contribution is 0.726. The van der Waals surface area contributed by atoms with Crippen LogP contribution >= 0.6 is 12.2 Å². The van der Waals surface area contributed by atoms with Crippen molar-refractivity contribution in [3.05, 3.63) is 47.2 Å². The molecule has 19 heavy (non-hydrogen) atoms. The summed E-state index contributed by atoms with van der Waals surface area (Å²) in [5.74, 6) is 0.953. The van der Waals surface area contributed by atoms with Gasteiger partial charge in [-0.1, -0.05) is 42.5 Å². The van der Waals surface area contributed by atoms with Gasteiger partial charge < -0.3 is 10.6 Å². The molecule has 0 bridgehead atoms. The molecular weight excluding hydrogens is 256 g/mol. The van der Waals surface area contributed by atoms with Crippen molar-refractivity contribution < 1.29 is 0 Å². The van der Waals surface area contributed by atoms with Gasteiger partial charge in [-0.25, -0.2) is 0 Å². The average molecular weight is 274 g/mol. The first-order chi connectivity index (χ1) is 9.00. The molecule has 2 N–H and O–H groups in total. The van der Waals surface area contributed by atoms with Gasteiger partial charge in [0, 0.05) is 20.6 Å². The molecule has 0 saturated carbocycles. The highest BCUT2D eigenvalue weighted by molar-refractivity contribution is 7.80. The molecule has 2 aromatic rings. The minimum atomic E-state index is 0.389. The van der Waals surface area contributed by atoms with Gasteiger partial charge in [-0.2, -0.15) is 5.10 Å². The lowest BCUT2D eigenvalue weighted by Crippen LogP contribution is -2.23. The van der Waals surface area contributed by atoms with Gasteiger partial charge in [-0.05, 0) is 12.5 Å². The maximum Gasteiger partial charge on any atom is 0.137 e. The molecule has 2 rings (SSSR count). The SMILES string of the molecule is Cc1nn(C)c(N(C)Cc2ccccc2)c1C(N)=S. The Morgan fingerprint density at radius 2 is 2.00 bits per heavy atom. The Labute approximate surface area is 118 Å². The van der Waals surface area contributed by atoms with Crippen LogP contribution in [0.5, 0.6) is 0 Å². The Balaban J connectivity index is 2.34. The molecule has 1 aromatic heterocycles. The third-order valence-electron chi connectivity index (χ3n) is 3.06. The maximum absolute atomic E-state index is 5.81. The summed E-state index contributed by atoms with van der Waals surface area (Å²) < 4.78 is 1.83. The van der Waals surface area contributed by atoms with Gasteiger partial charge in [0.2, 0.25) is 0 Å². The van der Waals surface area contributed by atoms with E-state index in [4.69, 9.17) is 18.0 Å². The zero-order valence-corrected chi connectivity index (χ0v) is 12.2. The standard InChI is InChI=1S/C14H18N4S/c1-10-12(13(15)19)14(18(3)16-10)17(2)9-11-7-5-4-6-8-11/h4-8H,9H2,1-3H3,(H2,15,19). The number of aromatic nitrogens is 2. The second-order valence-electron chi connectivity index (χ2n) is 4.61. The van der Waals surface area contributed by atoms with Crippen LogP contribution in [0.25, 0.3) is 0 Å². The highest BCUT2D eigenvalue weighted by atomic mass is 32.1. The number of anilines is 1. The fraction of sp³-hybridized carbons (Fsp3) is 0.286. The van der Waals surface area contributed by atoms with E-state index < -0.39 is 0 Å². The van der Waals surface area contributed by atoms with Crippen LogP contribution in [0, 0.1) is 6.92 Å². The molecule has 1 heterocycles. The van der Waals surface area contributed by atoms with E-state index in [1.165, 1.54) is 5.56 Å². The van der Waals surface area contributed by atoms with E-state index >= 15 is 0 Å².